The van der Waals surface area contributed by atoms with Gasteiger partial charge in [-0.15, -0.1) is 11.3 Å². The van der Waals surface area contributed by atoms with Crippen LogP contribution in [0.3, 0.4) is 0 Å². The maximum atomic E-state index is 11.8. The molecule has 4 rings (SSSR count). The predicted molar refractivity (Wildman–Crippen MR) is 117 cm³/mol. The SMILES string of the molecule is CC(C)C(=O)NCC1CCC2(CCN(Cc3nc(-c4ccccc4)cs3)CC2)O1. The molecule has 2 aliphatic rings. The van der Waals surface area contributed by atoms with Crippen LogP contribution in [-0.4, -0.2) is 47.1 Å². The topological polar surface area (TPSA) is 54.5 Å². The molecule has 0 aliphatic carbocycles. The van der Waals surface area contributed by atoms with Crippen LogP contribution < -0.4 is 5.32 Å². The van der Waals surface area contributed by atoms with E-state index in [2.05, 4.69) is 39.9 Å². The van der Waals surface area contributed by atoms with Gasteiger partial charge in [0.2, 0.25) is 5.91 Å². The Bertz CT molecular complexity index is 813. The van der Waals surface area contributed by atoms with Crippen LogP contribution in [-0.2, 0) is 16.1 Å². The molecule has 1 spiro atoms. The van der Waals surface area contributed by atoms with Gasteiger partial charge in [-0.2, -0.15) is 0 Å². The van der Waals surface area contributed by atoms with Crippen LogP contribution in [0.1, 0.15) is 44.5 Å². The summed E-state index contributed by atoms with van der Waals surface area (Å²) in [5.41, 5.74) is 2.27. The molecule has 1 aromatic heterocycles. The lowest BCUT2D eigenvalue weighted by molar-refractivity contribution is -0.125. The van der Waals surface area contributed by atoms with E-state index in [4.69, 9.17) is 9.72 Å². The van der Waals surface area contributed by atoms with Crippen molar-refractivity contribution in [1.29, 1.82) is 0 Å². The van der Waals surface area contributed by atoms with Crippen LogP contribution in [0, 0.1) is 5.92 Å². The second kappa shape index (κ2) is 8.94. The van der Waals surface area contributed by atoms with Gasteiger partial charge >= 0.3 is 0 Å². The van der Waals surface area contributed by atoms with Gasteiger partial charge < -0.3 is 10.1 Å². The minimum atomic E-state index is 0.0157. The zero-order chi connectivity index (χ0) is 20.3. The molecule has 5 nitrogen and oxygen atoms in total. The molecule has 0 saturated carbocycles. The Hall–Kier alpha value is -1.76. The number of benzene rings is 1. The lowest BCUT2D eigenvalue weighted by Gasteiger charge is -2.39. The second-order valence-corrected chi connectivity index (χ2v) is 9.57. The lowest BCUT2D eigenvalue weighted by atomic mass is 9.88. The fourth-order valence-corrected chi connectivity index (χ4v) is 5.11. The fourth-order valence-electron chi connectivity index (χ4n) is 4.26. The number of hydrogen-bond donors (Lipinski definition) is 1. The van der Waals surface area contributed by atoms with Gasteiger partial charge in [0, 0.05) is 36.5 Å². The summed E-state index contributed by atoms with van der Waals surface area (Å²) in [5.74, 6) is 0.143. The standard InChI is InChI=1S/C23H31N3O2S/c1-17(2)22(27)24-14-19-8-9-23(28-19)10-12-26(13-11-23)15-21-25-20(16-29-21)18-6-4-3-5-7-18/h3-7,16-17,19H,8-15H2,1-2H3,(H,24,27). The van der Waals surface area contributed by atoms with Crippen molar-refractivity contribution in [3.8, 4) is 11.3 Å². The molecule has 1 aromatic carbocycles. The van der Waals surface area contributed by atoms with E-state index in [0.29, 0.717) is 6.54 Å². The Morgan fingerprint density at radius 3 is 2.76 bits per heavy atom. The highest BCUT2D eigenvalue weighted by Gasteiger charge is 2.42. The number of thiazole rings is 1. The van der Waals surface area contributed by atoms with E-state index in [1.807, 2.05) is 19.9 Å². The zero-order valence-corrected chi connectivity index (χ0v) is 18.2. The van der Waals surface area contributed by atoms with Crippen LogP contribution in [0.15, 0.2) is 35.7 Å². The minimum absolute atomic E-state index is 0.0157. The summed E-state index contributed by atoms with van der Waals surface area (Å²) in [6.07, 6.45) is 4.46. The molecule has 1 unspecified atom stereocenters. The number of ether oxygens (including phenoxy) is 1. The van der Waals surface area contributed by atoms with Gasteiger partial charge in [-0.25, -0.2) is 4.98 Å². The summed E-state index contributed by atoms with van der Waals surface area (Å²) in [6.45, 7) is 7.50. The number of aromatic nitrogens is 1. The monoisotopic (exact) mass is 413 g/mol. The molecule has 1 atom stereocenters. The number of carbonyl (C=O) groups is 1. The average molecular weight is 414 g/mol. The van der Waals surface area contributed by atoms with Crippen molar-refractivity contribution >= 4 is 17.2 Å². The van der Waals surface area contributed by atoms with Crippen molar-refractivity contribution < 1.29 is 9.53 Å². The Morgan fingerprint density at radius 2 is 2.03 bits per heavy atom. The summed E-state index contributed by atoms with van der Waals surface area (Å²) in [6, 6.07) is 10.4. The molecule has 29 heavy (non-hydrogen) atoms. The number of nitrogens with zero attached hydrogens (tertiary/aromatic N) is 2. The first kappa shape index (κ1) is 20.5. The quantitative estimate of drug-likeness (QED) is 0.775. The number of hydrogen-bond acceptors (Lipinski definition) is 5. The highest BCUT2D eigenvalue weighted by molar-refractivity contribution is 7.09. The van der Waals surface area contributed by atoms with Crippen LogP contribution >= 0.6 is 11.3 Å². The first-order chi connectivity index (χ1) is 14.0. The summed E-state index contributed by atoms with van der Waals surface area (Å²) in [4.78, 5) is 19.1. The lowest BCUT2D eigenvalue weighted by Crippen LogP contribution is -2.45. The molecule has 1 amide bonds. The highest BCUT2D eigenvalue weighted by atomic mass is 32.1. The molecule has 6 heteroatoms. The van der Waals surface area contributed by atoms with Crippen molar-refractivity contribution in [3.05, 3.63) is 40.7 Å². The third-order valence-corrected chi connectivity index (χ3v) is 6.95. The molecule has 0 bridgehead atoms. The third kappa shape index (κ3) is 5.05. The molecule has 3 heterocycles. The number of piperidine rings is 1. The number of carbonyl (C=O) groups excluding carboxylic acids is 1. The molecule has 156 valence electrons. The first-order valence-electron chi connectivity index (χ1n) is 10.7. The van der Waals surface area contributed by atoms with Crippen molar-refractivity contribution in [2.24, 2.45) is 5.92 Å². The largest absolute Gasteiger partial charge is 0.370 e. The van der Waals surface area contributed by atoms with E-state index < -0.39 is 0 Å². The maximum Gasteiger partial charge on any atom is 0.222 e. The fraction of sp³-hybridized carbons (Fsp3) is 0.565. The summed E-state index contributed by atoms with van der Waals surface area (Å²) in [7, 11) is 0. The molecule has 2 saturated heterocycles. The zero-order valence-electron chi connectivity index (χ0n) is 17.4. The van der Waals surface area contributed by atoms with Crippen molar-refractivity contribution in [1.82, 2.24) is 15.2 Å². The molecule has 0 radical (unpaired) electrons. The predicted octanol–water partition coefficient (Wildman–Crippen LogP) is 4.10. The third-order valence-electron chi connectivity index (χ3n) is 6.11. The smallest absolute Gasteiger partial charge is 0.222 e. The molecular weight excluding hydrogens is 382 g/mol. The Labute approximate surface area is 177 Å². The van der Waals surface area contributed by atoms with Crippen LogP contribution in [0.5, 0.6) is 0 Å². The second-order valence-electron chi connectivity index (χ2n) is 8.63. The van der Waals surface area contributed by atoms with Crippen molar-refractivity contribution in [3.63, 3.8) is 0 Å². The number of rotatable bonds is 6. The van der Waals surface area contributed by atoms with E-state index in [0.717, 1.165) is 51.0 Å². The normalized spacial score (nSPS) is 21.7. The van der Waals surface area contributed by atoms with Crippen LogP contribution in [0.2, 0.25) is 0 Å². The number of nitrogens with one attached hydrogen (secondary N) is 1. The van der Waals surface area contributed by atoms with Crippen molar-refractivity contribution in [2.75, 3.05) is 19.6 Å². The van der Waals surface area contributed by atoms with E-state index >= 15 is 0 Å². The Kier molecular flexibility index (Phi) is 6.32. The van der Waals surface area contributed by atoms with Crippen LogP contribution in [0.25, 0.3) is 11.3 Å². The molecule has 2 fully saturated rings. The van der Waals surface area contributed by atoms with Gasteiger partial charge in [-0.1, -0.05) is 44.2 Å². The summed E-state index contributed by atoms with van der Waals surface area (Å²) in [5, 5.41) is 6.36. The van der Waals surface area contributed by atoms with Gasteiger partial charge in [0.25, 0.3) is 0 Å². The molecular formula is C23H31N3O2S. The van der Waals surface area contributed by atoms with E-state index in [-0.39, 0.29) is 23.5 Å². The molecule has 2 aromatic rings. The van der Waals surface area contributed by atoms with E-state index in [1.54, 1.807) is 11.3 Å². The Balaban J connectivity index is 1.25. The molecule has 2 aliphatic heterocycles. The van der Waals surface area contributed by atoms with Gasteiger partial charge in [0.1, 0.15) is 5.01 Å². The first-order valence-corrected chi connectivity index (χ1v) is 11.6. The highest BCUT2D eigenvalue weighted by Crippen LogP contribution is 2.39. The number of amides is 1. The average Bonchev–Trinajstić information content (AvgIpc) is 3.36. The van der Waals surface area contributed by atoms with Gasteiger partial charge in [0.05, 0.1) is 23.9 Å². The van der Waals surface area contributed by atoms with Gasteiger partial charge in [-0.05, 0) is 25.7 Å². The number of likely N-dealkylation sites (tertiary alicyclic amines) is 1. The van der Waals surface area contributed by atoms with Gasteiger partial charge in [0.15, 0.2) is 0 Å². The molecule has 1 N–H and O–H groups in total. The van der Waals surface area contributed by atoms with E-state index in [9.17, 15) is 4.79 Å². The van der Waals surface area contributed by atoms with E-state index in [1.165, 1.54) is 10.6 Å². The Morgan fingerprint density at radius 1 is 1.28 bits per heavy atom. The minimum Gasteiger partial charge on any atom is -0.370 e. The van der Waals surface area contributed by atoms with Gasteiger partial charge in [-0.3, -0.25) is 9.69 Å². The van der Waals surface area contributed by atoms with Crippen LogP contribution in [0.4, 0.5) is 0 Å². The maximum absolute atomic E-state index is 11.8. The summed E-state index contributed by atoms with van der Waals surface area (Å²) < 4.78 is 6.43. The van der Waals surface area contributed by atoms with Crippen molar-refractivity contribution in [2.45, 2.75) is 57.8 Å². The summed E-state index contributed by atoms with van der Waals surface area (Å²) >= 11 is 1.75.